The van der Waals surface area contributed by atoms with Crippen LogP contribution >= 0.6 is 11.8 Å². The number of esters is 1. The molecule has 0 aliphatic carbocycles. The Kier molecular flexibility index (Phi) is 5.76. The minimum absolute atomic E-state index is 0.253. The molecule has 4 rings (SSSR count). The standard InChI is InChI=1S/C22H18N4O3S/c1-15-20(21-23-12-7-13-26(21)25-15)22(28)29-14-19(27)24-17-10-5-6-11-18(17)30-16-8-3-2-4-9-16/h2-13H,14H2,1H3,(H,24,27). The Labute approximate surface area is 177 Å². The van der Waals surface area contributed by atoms with Crippen molar-refractivity contribution in [2.75, 3.05) is 11.9 Å². The molecule has 0 saturated carbocycles. The second kappa shape index (κ2) is 8.79. The third-order valence-electron chi connectivity index (χ3n) is 4.24. The summed E-state index contributed by atoms with van der Waals surface area (Å²) in [6, 6.07) is 19.1. The van der Waals surface area contributed by atoms with E-state index in [2.05, 4.69) is 15.4 Å². The van der Waals surface area contributed by atoms with Crippen molar-refractivity contribution in [1.82, 2.24) is 14.6 Å². The van der Waals surface area contributed by atoms with Gasteiger partial charge in [-0.2, -0.15) is 5.10 Å². The van der Waals surface area contributed by atoms with E-state index in [0.29, 0.717) is 17.0 Å². The highest BCUT2D eigenvalue weighted by molar-refractivity contribution is 7.99. The monoisotopic (exact) mass is 418 g/mol. The Morgan fingerprint density at radius 3 is 2.67 bits per heavy atom. The molecule has 0 bridgehead atoms. The smallest absolute Gasteiger partial charge is 0.344 e. The van der Waals surface area contributed by atoms with Crippen LogP contribution in [0.4, 0.5) is 5.69 Å². The van der Waals surface area contributed by atoms with Crippen LogP contribution in [-0.4, -0.2) is 33.1 Å². The van der Waals surface area contributed by atoms with Gasteiger partial charge in [0.2, 0.25) is 0 Å². The predicted octanol–water partition coefficient (Wildman–Crippen LogP) is 3.98. The molecule has 0 fully saturated rings. The molecule has 2 aromatic carbocycles. The number of nitrogens with one attached hydrogen (secondary N) is 1. The fourth-order valence-corrected chi connectivity index (χ4v) is 3.82. The van der Waals surface area contributed by atoms with E-state index in [1.165, 1.54) is 4.52 Å². The van der Waals surface area contributed by atoms with E-state index in [-0.39, 0.29) is 5.56 Å². The largest absolute Gasteiger partial charge is 0.452 e. The van der Waals surface area contributed by atoms with Crippen LogP contribution < -0.4 is 5.32 Å². The molecule has 30 heavy (non-hydrogen) atoms. The maximum absolute atomic E-state index is 12.5. The molecule has 2 heterocycles. The molecule has 0 aliphatic heterocycles. The van der Waals surface area contributed by atoms with E-state index >= 15 is 0 Å². The van der Waals surface area contributed by atoms with Gasteiger partial charge in [-0.05, 0) is 37.3 Å². The molecule has 2 aromatic heterocycles. The highest BCUT2D eigenvalue weighted by atomic mass is 32.2. The van der Waals surface area contributed by atoms with Crippen LogP contribution in [0.3, 0.4) is 0 Å². The van der Waals surface area contributed by atoms with Gasteiger partial charge in [0.25, 0.3) is 5.91 Å². The predicted molar refractivity (Wildman–Crippen MR) is 114 cm³/mol. The number of hydrogen-bond donors (Lipinski definition) is 1. The van der Waals surface area contributed by atoms with Crippen molar-refractivity contribution >= 4 is 35.0 Å². The van der Waals surface area contributed by atoms with Crippen LogP contribution in [0.5, 0.6) is 0 Å². The zero-order valence-corrected chi connectivity index (χ0v) is 16.9. The van der Waals surface area contributed by atoms with Crippen molar-refractivity contribution in [1.29, 1.82) is 0 Å². The summed E-state index contributed by atoms with van der Waals surface area (Å²) < 4.78 is 6.72. The lowest BCUT2D eigenvalue weighted by atomic mass is 10.2. The molecule has 0 spiro atoms. The third kappa shape index (κ3) is 4.33. The first-order chi connectivity index (χ1) is 14.6. The lowest BCUT2D eigenvalue weighted by Gasteiger charge is -2.11. The van der Waals surface area contributed by atoms with E-state index in [0.717, 1.165) is 9.79 Å². The van der Waals surface area contributed by atoms with Crippen molar-refractivity contribution in [3.05, 3.63) is 84.3 Å². The molecule has 8 heteroatoms. The minimum Gasteiger partial charge on any atom is -0.452 e. The molecule has 0 aliphatic rings. The summed E-state index contributed by atoms with van der Waals surface area (Å²) in [5.41, 5.74) is 1.79. The second-order valence-corrected chi connectivity index (χ2v) is 7.50. The van der Waals surface area contributed by atoms with Crippen molar-refractivity contribution in [3.8, 4) is 0 Å². The number of carbonyl (C=O) groups excluding carboxylic acids is 2. The highest BCUT2D eigenvalue weighted by Crippen LogP contribution is 2.33. The Balaban J connectivity index is 1.42. The molecule has 0 saturated heterocycles. The van der Waals surface area contributed by atoms with Crippen molar-refractivity contribution in [2.45, 2.75) is 16.7 Å². The molecule has 0 atom stereocenters. The number of anilines is 1. The van der Waals surface area contributed by atoms with Gasteiger partial charge in [-0.1, -0.05) is 42.1 Å². The van der Waals surface area contributed by atoms with E-state index in [4.69, 9.17) is 4.74 Å². The van der Waals surface area contributed by atoms with Gasteiger partial charge in [-0.25, -0.2) is 14.3 Å². The first-order valence-corrected chi connectivity index (χ1v) is 10.0. The van der Waals surface area contributed by atoms with Gasteiger partial charge in [0, 0.05) is 22.2 Å². The summed E-state index contributed by atoms with van der Waals surface area (Å²) in [7, 11) is 0. The van der Waals surface area contributed by atoms with Crippen LogP contribution in [-0.2, 0) is 9.53 Å². The molecule has 0 radical (unpaired) electrons. The summed E-state index contributed by atoms with van der Waals surface area (Å²) in [6.07, 6.45) is 3.27. The topological polar surface area (TPSA) is 85.6 Å². The average molecular weight is 418 g/mol. The molecule has 1 N–H and O–H groups in total. The van der Waals surface area contributed by atoms with E-state index in [9.17, 15) is 9.59 Å². The zero-order chi connectivity index (χ0) is 20.9. The van der Waals surface area contributed by atoms with Gasteiger partial charge in [0.05, 0.1) is 11.4 Å². The Hall–Kier alpha value is -3.65. The number of carbonyl (C=O) groups is 2. The number of nitrogens with zero attached hydrogens (tertiary/aromatic N) is 3. The number of hydrogen-bond acceptors (Lipinski definition) is 6. The molecule has 1 amide bonds. The molecular formula is C22H18N4O3S. The molecule has 0 unspecified atom stereocenters. The number of amides is 1. The fourth-order valence-electron chi connectivity index (χ4n) is 2.90. The maximum atomic E-state index is 12.5. The van der Waals surface area contributed by atoms with Crippen molar-refractivity contribution < 1.29 is 14.3 Å². The average Bonchev–Trinajstić information content (AvgIpc) is 3.10. The number of aromatic nitrogens is 3. The Morgan fingerprint density at radius 1 is 1.07 bits per heavy atom. The minimum atomic E-state index is -0.636. The number of benzene rings is 2. The zero-order valence-electron chi connectivity index (χ0n) is 16.1. The van der Waals surface area contributed by atoms with Gasteiger partial charge in [0.15, 0.2) is 12.3 Å². The lowest BCUT2D eigenvalue weighted by Crippen LogP contribution is -2.21. The van der Waals surface area contributed by atoms with E-state index in [1.54, 1.807) is 37.1 Å². The van der Waals surface area contributed by atoms with Crippen LogP contribution in [0.25, 0.3) is 5.65 Å². The SMILES string of the molecule is Cc1nn2cccnc2c1C(=O)OCC(=O)Nc1ccccc1Sc1ccccc1. The second-order valence-electron chi connectivity index (χ2n) is 6.38. The van der Waals surface area contributed by atoms with Crippen LogP contribution in [0.2, 0.25) is 0 Å². The number of fused-ring (bicyclic) bond motifs is 1. The lowest BCUT2D eigenvalue weighted by molar-refractivity contribution is -0.119. The third-order valence-corrected chi connectivity index (χ3v) is 5.32. The summed E-state index contributed by atoms with van der Waals surface area (Å²) >= 11 is 1.54. The number of rotatable bonds is 6. The van der Waals surface area contributed by atoms with E-state index in [1.807, 2.05) is 54.6 Å². The molecule has 150 valence electrons. The van der Waals surface area contributed by atoms with Gasteiger partial charge in [-0.15, -0.1) is 0 Å². The summed E-state index contributed by atoms with van der Waals surface area (Å²) in [5, 5.41) is 7.04. The van der Waals surface area contributed by atoms with Gasteiger partial charge in [0.1, 0.15) is 5.56 Å². The van der Waals surface area contributed by atoms with Crippen molar-refractivity contribution in [2.24, 2.45) is 0 Å². The van der Waals surface area contributed by atoms with Gasteiger partial charge >= 0.3 is 5.97 Å². The number of ether oxygens (including phenoxy) is 1. The fraction of sp³-hybridized carbons (Fsp3) is 0.0909. The quantitative estimate of drug-likeness (QED) is 0.477. The normalized spacial score (nSPS) is 10.7. The summed E-state index contributed by atoms with van der Waals surface area (Å²) in [5.74, 6) is -1.06. The first kappa shape index (κ1) is 19.7. The van der Waals surface area contributed by atoms with Crippen LogP contribution in [0.15, 0.2) is 82.8 Å². The Bertz CT molecular complexity index is 1210. The van der Waals surface area contributed by atoms with Crippen molar-refractivity contribution in [3.63, 3.8) is 0 Å². The van der Waals surface area contributed by atoms with Crippen LogP contribution in [0.1, 0.15) is 16.1 Å². The summed E-state index contributed by atoms with van der Waals surface area (Å²) in [6.45, 7) is 1.29. The summed E-state index contributed by atoms with van der Waals surface area (Å²) in [4.78, 5) is 31.0. The molecular weight excluding hydrogens is 400 g/mol. The molecule has 4 aromatic rings. The maximum Gasteiger partial charge on any atom is 0.344 e. The molecule has 7 nitrogen and oxygen atoms in total. The number of para-hydroxylation sites is 1. The van der Waals surface area contributed by atoms with Gasteiger partial charge in [-0.3, -0.25) is 4.79 Å². The van der Waals surface area contributed by atoms with E-state index < -0.39 is 18.5 Å². The van der Waals surface area contributed by atoms with Gasteiger partial charge < -0.3 is 10.1 Å². The number of aryl methyl sites for hydroxylation is 1. The first-order valence-electron chi connectivity index (χ1n) is 9.20. The highest BCUT2D eigenvalue weighted by Gasteiger charge is 2.20. The van der Waals surface area contributed by atoms with Crippen LogP contribution in [0, 0.1) is 6.92 Å². The Morgan fingerprint density at radius 2 is 1.83 bits per heavy atom.